The van der Waals surface area contributed by atoms with Crippen molar-refractivity contribution in [2.75, 3.05) is 13.2 Å². The highest BCUT2D eigenvalue weighted by Crippen LogP contribution is 2.28. The maximum Gasteiger partial charge on any atom is 0.122 e. The van der Waals surface area contributed by atoms with Crippen LogP contribution in [-0.4, -0.2) is 18.3 Å². The zero-order chi connectivity index (χ0) is 12.1. The molecule has 1 aliphatic rings. The van der Waals surface area contributed by atoms with Gasteiger partial charge >= 0.3 is 0 Å². The van der Waals surface area contributed by atoms with E-state index in [4.69, 9.17) is 10.5 Å². The normalized spacial score (nSPS) is 16.8. The van der Waals surface area contributed by atoms with Gasteiger partial charge in [0.15, 0.2) is 0 Å². The molecule has 17 heavy (non-hydrogen) atoms. The Morgan fingerprint density at radius 1 is 1.35 bits per heavy atom. The van der Waals surface area contributed by atoms with Crippen LogP contribution in [0.2, 0.25) is 0 Å². The molecule has 1 aromatic carbocycles. The average Bonchev–Trinajstić information content (AvgIpc) is 2.60. The molecule has 0 spiro atoms. The number of aliphatic hydroxyl groups is 1. The van der Waals surface area contributed by atoms with Crippen LogP contribution < -0.4 is 10.5 Å². The lowest BCUT2D eigenvalue weighted by Gasteiger charge is -2.13. The fourth-order valence-corrected chi connectivity index (χ4v) is 2.22. The van der Waals surface area contributed by atoms with Gasteiger partial charge in [0.2, 0.25) is 0 Å². The van der Waals surface area contributed by atoms with E-state index >= 15 is 0 Å². The molecule has 0 aromatic heterocycles. The molecule has 1 aromatic rings. The number of aryl methyl sites for hydroxylation is 1. The molecule has 1 aliphatic heterocycles. The van der Waals surface area contributed by atoms with Gasteiger partial charge in [0, 0.05) is 0 Å². The van der Waals surface area contributed by atoms with Crippen molar-refractivity contribution < 1.29 is 9.84 Å². The molecule has 0 bridgehead atoms. The number of benzene rings is 1. The summed E-state index contributed by atoms with van der Waals surface area (Å²) in [5, 5.41) is 10.0. The van der Waals surface area contributed by atoms with Crippen molar-refractivity contribution in [2.45, 2.75) is 38.2 Å². The van der Waals surface area contributed by atoms with E-state index in [0.29, 0.717) is 6.54 Å². The lowest BCUT2D eigenvalue weighted by atomic mass is 9.99. The van der Waals surface area contributed by atoms with Crippen molar-refractivity contribution in [3.05, 3.63) is 29.3 Å². The van der Waals surface area contributed by atoms with E-state index < -0.39 is 6.10 Å². The Morgan fingerprint density at radius 3 is 3.06 bits per heavy atom. The van der Waals surface area contributed by atoms with Gasteiger partial charge in [-0.3, -0.25) is 0 Å². The summed E-state index contributed by atoms with van der Waals surface area (Å²) in [4.78, 5) is 0. The molecular formula is C14H21NO2. The van der Waals surface area contributed by atoms with E-state index in [2.05, 4.69) is 6.07 Å². The Bertz CT molecular complexity index is 365. The molecule has 0 saturated heterocycles. The molecular weight excluding hydrogens is 214 g/mol. The first kappa shape index (κ1) is 12.4. The second-order valence-electron chi connectivity index (χ2n) is 4.62. The van der Waals surface area contributed by atoms with Gasteiger partial charge in [-0.15, -0.1) is 0 Å². The van der Waals surface area contributed by atoms with Crippen LogP contribution in [0.1, 0.15) is 42.9 Å². The van der Waals surface area contributed by atoms with E-state index in [1.807, 2.05) is 12.1 Å². The summed E-state index contributed by atoms with van der Waals surface area (Å²) >= 11 is 0. The summed E-state index contributed by atoms with van der Waals surface area (Å²) in [6, 6.07) is 6.04. The molecule has 3 nitrogen and oxygen atoms in total. The highest BCUT2D eigenvalue weighted by atomic mass is 16.5. The summed E-state index contributed by atoms with van der Waals surface area (Å²) in [5.74, 6) is 0.984. The highest BCUT2D eigenvalue weighted by Gasteiger charge is 2.13. The molecule has 0 radical (unpaired) electrons. The van der Waals surface area contributed by atoms with Crippen LogP contribution in [0.5, 0.6) is 5.75 Å². The Hall–Kier alpha value is -1.06. The zero-order valence-corrected chi connectivity index (χ0v) is 10.2. The molecule has 3 heteroatoms. The van der Waals surface area contributed by atoms with Crippen LogP contribution in [-0.2, 0) is 6.42 Å². The van der Waals surface area contributed by atoms with Crippen LogP contribution in [0.3, 0.4) is 0 Å². The van der Waals surface area contributed by atoms with Gasteiger partial charge in [-0.2, -0.15) is 0 Å². The van der Waals surface area contributed by atoms with E-state index in [9.17, 15) is 5.11 Å². The molecule has 0 aliphatic carbocycles. The third-order valence-corrected chi connectivity index (χ3v) is 3.25. The maximum atomic E-state index is 10.0. The van der Waals surface area contributed by atoms with Gasteiger partial charge in [0.1, 0.15) is 5.75 Å². The highest BCUT2D eigenvalue weighted by molar-refractivity contribution is 5.38. The van der Waals surface area contributed by atoms with Gasteiger partial charge in [0.25, 0.3) is 0 Å². The van der Waals surface area contributed by atoms with Crippen molar-refractivity contribution in [3.63, 3.8) is 0 Å². The number of ether oxygens (including phenoxy) is 1. The number of aliphatic hydroxyl groups excluding tert-OH is 1. The van der Waals surface area contributed by atoms with E-state index in [0.717, 1.165) is 50.0 Å². The largest absolute Gasteiger partial charge is 0.493 e. The second kappa shape index (κ2) is 6.03. The third-order valence-electron chi connectivity index (χ3n) is 3.25. The van der Waals surface area contributed by atoms with Crippen LogP contribution in [0.4, 0.5) is 0 Å². The second-order valence-corrected chi connectivity index (χ2v) is 4.62. The molecule has 94 valence electrons. The number of fused-ring (bicyclic) bond motifs is 1. The lowest BCUT2D eigenvalue weighted by Crippen LogP contribution is -2.04. The van der Waals surface area contributed by atoms with Gasteiger partial charge < -0.3 is 15.6 Å². The van der Waals surface area contributed by atoms with Crippen molar-refractivity contribution in [3.8, 4) is 5.75 Å². The summed E-state index contributed by atoms with van der Waals surface area (Å²) in [7, 11) is 0. The smallest absolute Gasteiger partial charge is 0.122 e. The van der Waals surface area contributed by atoms with Gasteiger partial charge in [0.05, 0.1) is 12.7 Å². The number of hydrogen-bond acceptors (Lipinski definition) is 3. The van der Waals surface area contributed by atoms with Crippen LogP contribution in [0.25, 0.3) is 0 Å². The fraction of sp³-hybridized carbons (Fsp3) is 0.571. The van der Waals surface area contributed by atoms with Crippen LogP contribution >= 0.6 is 0 Å². The predicted octanol–water partition coefficient (Wildman–Crippen LogP) is 2.17. The summed E-state index contributed by atoms with van der Waals surface area (Å²) in [6.45, 7) is 1.44. The Balaban J connectivity index is 2.11. The number of hydrogen-bond donors (Lipinski definition) is 2. The zero-order valence-electron chi connectivity index (χ0n) is 10.2. The summed E-state index contributed by atoms with van der Waals surface area (Å²) < 4.78 is 5.66. The first-order valence-electron chi connectivity index (χ1n) is 6.45. The molecule has 1 atom stereocenters. The molecule has 0 saturated carbocycles. The van der Waals surface area contributed by atoms with E-state index in [1.54, 1.807) is 0 Å². The quantitative estimate of drug-likeness (QED) is 0.841. The Morgan fingerprint density at radius 2 is 2.24 bits per heavy atom. The van der Waals surface area contributed by atoms with Crippen molar-refractivity contribution in [1.29, 1.82) is 0 Å². The van der Waals surface area contributed by atoms with Crippen molar-refractivity contribution in [2.24, 2.45) is 5.73 Å². The maximum absolute atomic E-state index is 10.0. The van der Waals surface area contributed by atoms with Gasteiger partial charge in [-0.1, -0.05) is 6.07 Å². The minimum Gasteiger partial charge on any atom is -0.493 e. The van der Waals surface area contributed by atoms with Crippen LogP contribution in [0.15, 0.2) is 18.2 Å². The van der Waals surface area contributed by atoms with Crippen molar-refractivity contribution >= 4 is 0 Å². The first-order chi connectivity index (χ1) is 8.31. The standard InChI is InChI=1S/C14H21NO2/c15-8-3-5-13(16)11-6-7-14-12(10-11)4-1-2-9-17-14/h6-7,10,13,16H,1-5,8-9,15H2. The molecule has 1 unspecified atom stereocenters. The predicted molar refractivity (Wildman–Crippen MR) is 68.1 cm³/mol. The molecule has 0 fully saturated rings. The van der Waals surface area contributed by atoms with Crippen molar-refractivity contribution in [1.82, 2.24) is 0 Å². The SMILES string of the molecule is NCCCC(O)c1ccc2c(c1)CCCCO2. The fourth-order valence-electron chi connectivity index (χ4n) is 2.22. The summed E-state index contributed by atoms with van der Waals surface area (Å²) in [5.41, 5.74) is 7.67. The lowest BCUT2D eigenvalue weighted by molar-refractivity contribution is 0.165. The van der Waals surface area contributed by atoms with Crippen LogP contribution in [0, 0.1) is 0 Å². The monoisotopic (exact) mass is 235 g/mol. The Kier molecular flexibility index (Phi) is 4.40. The summed E-state index contributed by atoms with van der Waals surface area (Å²) in [6.07, 6.45) is 4.51. The molecule has 1 heterocycles. The average molecular weight is 235 g/mol. The molecule has 2 rings (SSSR count). The van der Waals surface area contributed by atoms with Gasteiger partial charge in [-0.05, 0) is 61.9 Å². The minimum absolute atomic E-state index is 0.396. The topological polar surface area (TPSA) is 55.5 Å². The molecule has 0 amide bonds. The van der Waals surface area contributed by atoms with E-state index in [1.165, 1.54) is 5.56 Å². The molecule has 3 N–H and O–H groups in total. The minimum atomic E-state index is -0.396. The van der Waals surface area contributed by atoms with Gasteiger partial charge in [-0.25, -0.2) is 0 Å². The first-order valence-corrected chi connectivity index (χ1v) is 6.45. The number of rotatable bonds is 4. The third kappa shape index (κ3) is 3.20. The Labute approximate surface area is 103 Å². The van der Waals surface area contributed by atoms with E-state index in [-0.39, 0.29) is 0 Å². The number of nitrogens with two attached hydrogens (primary N) is 1.